The normalized spacial score (nSPS) is 19.5. The van der Waals surface area contributed by atoms with Crippen LogP contribution in [-0.4, -0.2) is 33.8 Å². The monoisotopic (exact) mass is 275 g/mol. The zero-order valence-electron chi connectivity index (χ0n) is 11.3. The minimum atomic E-state index is -0.365. The molecule has 0 bridgehead atoms. The van der Waals surface area contributed by atoms with Crippen LogP contribution in [0.2, 0.25) is 0 Å². The van der Waals surface area contributed by atoms with Crippen molar-refractivity contribution in [3.05, 3.63) is 28.3 Å². The molecule has 0 aliphatic carbocycles. The van der Waals surface area contributed by atoms with Gasteiger partial charge < -0.3 is 10.6 Å². The van der Waals surface area contributed by atoms with Gasteiger partial charge in [-0.15, -0.1) is 0 Å². The average molecular weight is 275 g/mol. The quantitative estimate of drug-likeness (QED) is 0.661. The van der Waals surface area contributed by atoms with E-state index in [1.807, 2.05) is 6.07 Å². The Morgan fingerprint density at radius 2 is 2.30 bits per heavy atom. The molecule has 1 aromatic carbocycles. The predicted octanol–water partition coefficient (Wildman–Crippen LogP) is 1.41. The molecular weight excluding hydrogens is 258 g/mol. The van der Waals surface area contributed by atoms with Crippen molar-refractivity contribution in [3.63, 3.8) is 0 Å². The Bertz CT molecular complexity index is 666. The van der Waals surface area contributed by atoms with Crippen LogP contribution in [0.1, 0.15) is 12.8 Å². The highest BCUT2D eigenvalue weighted by Crippen LogP contribution is 2.32. The lowest BCUT2D eigenvalue weighted by atomic mass is 10.1. The molecule has 0 spiro atoms. The van der Waals surface area contributed by atoms with Gasteiger partial charge in [0, 0.05) is 32.2 Å². The van der Waals surface area contributed by atoms with Crippen molar-refractivity contribution in [2.75, 3.05) is 18.0 Å². The minimum absolute atomic E-state index is 0.0880. The maximum Gasteiger partial charge on any atom is 0.295 e. The first-order chi connectivity index (χ1) is 9.58. The van der Waals surface area contributed by atoms with Crippen LogP contribution in [0.4, 0.5) is 11.5 Å². The van der Waals surface area contributed by atoms with E-state index in [-0.39, 0.29) is 16.7 Å². The molecule has 0 amide bonds. The topological polar surface area (TPSA) is 90.2 Å². The number of aromatic nitrogens is 2. The molecule has 1 atom stereocenters. The number of nitro groups is 1. The molecule has 1 aromatic heterocycles. The molecule has 7 nitrogen and oxygen atoms in total. The lowest BCUT2D eigenvalue weighted by Gasteiger charge is -2.31. The fourth-order valence-corrected chi connectivity index (χ4v) is 2.88. The van der Waals surface area contributed by atoms with E-state index in [9.17, 15) is 10.1 Å². The van der Waals surface area contributed by atoms with Gasteiger partial charge in [0.25, 0.3) is 5.69 Å². The summed E-state index contributed by atoms with van der Waals surface area (Å²) < 4.78 is 1.59. The largest absolute Gasteiger partial charge is 0.353 e. The molecule has 0 radical (unpaired) electrons. The smallest absolute Gasteiger partial charge is 0.295 e. The predicted molar refractivity (Wildman–Crippen MR) is 76.8 cm³/mol. The Hall–Kier alpha value is -2.15. The van der Waals surface area contributed by atoms with E-state index in [2.05, 4.69) is 10.00 Å². The van der Waals surface area contributed by atoms with Crippen molar-refractivity contribution in [1.82, 2.24) is 9.78 Å². The highest BCUT2D eigenvalue weighted by Gasteiger charge is 2.24. The number of aryl methyl sites for hydroxylation is 1. The maximum absolute atomic E-state index is 11.1. The first-order valence-electron chi connectivity index (χ1n) is 6.68. The van der Waals surface area contributed by atoms with Crippen molar-refractivity contribution < 1.29 is 4.92 Å². The molecule has 1 saturated heterocycles. The fraction of sp³-hybridized carbons (Fsp3) is 0.462. The van der Waals surface area contributed by atoms with E-state index in [1.54, 1.807) is 17.8 Å². The molecule has 0 unspecified atom stereocenters. The van der Waals surface area contributed by atoms with E-state index in [1.165, 1.54) is 6.07 Å². The number of piperidine rings is 1. The number of non-ortho nitro benzene ring substituents is 1. The van der Waals surface area contributed by atoms with E-state index >= 15 is 0 Å². The van der Waals surface area contributed by atoms with Gasteiger partial charge in [-0.2, -0.15) is 5.10 Å². The van der Waals surface area contributed by atoms with Crippen LogP contribution in [0.3, 0.4) is 0 Å². The molecular formula is C13H17N5O2. The highest BCUT2D eigenvalue weighted by molar-refractivity contribution is 5.96. The average Bonchev–Trinajstić information content (AvgIpc) is 2.76. The number of hydrogen-bond acceptors (Lipinski definition) is 5. The van der Waals surface area contributed by atoms with Gasteiger partial charge in [0.05, 0.1) is 10.3 Å². The second-order valence-electron chi connectivity index (χ2n) is 5.23. The van der Waals surface area contributed by atoms with Gasteiger partial charge in [-0.25, -0.2) is 0 Å². The molecule has 2 heterocycles. The number of rotatable bonds is 2. The Labute approximate surface area is 116 Å². The SMILES string of the molecule is Cn1nc(N2CCC[C@@H](N)C2)c2cccc([N+](=O)[O-])c21. The third kappa shape index (κ3) is 2.00. The summed E-state index contributed by atoms with van der Waals surface area (Å²) in [5, 5.41) is 16.4. The summed E-state index contributed by atoms with van der Waals surface area (Å²) in [4.78, 5) is 12.9. The van der Waals surface area contributed by atoms with Gasteiger partial charge in [0.1, 0.15) is 5.52 Å². The molecule has 3 rings (SSSR count). The van der Waals surface area contributed by atoms with Crippen LogP contribution in [0.15, 0.2) is 18.2 Å². The summed E-state index contributed by atoms with van der Waals surface area (Å²) in [5.41, 5.74) is 6.66. The third-order valence-corrected chi connectivity index (χ3v) is 3.78. The van der Waals surface area contributed by atoms with Gasteiger partial charge >= 0.3 is 0 Å². The van der Waals surface area contributed by atoms with Crippen molar-refractivity contribution in [2.45, 2.75) is 18.9 Å². The zero-order valence-corrected chi connectivity index (χ0v) is 11.3. The second-order valence-corrected chi connectivity index (χ2v) is 5.23. The van der Waals surface area contributed by atoms with Gasteiger partial charge in [-0.3, -0.25) is 14.8 Å². The summed E-state index contributed by atoms with van der Waals surface area (Å²) in [6, 6.07) is 5.23. The maximum atomic E-state index is 11.1. The molecule has 0 saturated carbocycles. The summed E-state index contributed by atoms with van der Waals surface area (Å²) in [5.74, 6) is 0.793. The summed E-state index contributed by atoms with van der Waals surface area (Å²) >= 11 is 0. The second kappa shape index (κ2) is 4.75. The number of anilines is 1. The Balaban J connectivity index is 2.13. The number of nitrogens with two attached hydrogens (primary N) is 1. The molecule has 106 valence electrons. The van der Waals surface area contributed by atoms with Gasteiger partial charge in [0.15, 0.2) is 5.82 Å². The van der Waals surface area contributed by atoms with Crippen molar-refractivity contribution in [2.24, 2.45) is 12.8 Å². The molecule has 7 heteroatoms. The van der Waals surface area contributed by atoms with Crippen LogP contribution in [-0.2, 0) is 7.05 Å². The van der Waals surface area contributed by atoms with E-state index in [0.29, 0.717) is 5.52 Å². The Morgan fingerprint density at radius 1 is 1.50 bits per heavy atom. The lowest BCUT2D eigenvalue weighted by Crippen LogP contribution is -2.43. The number of nitro benzene ring substituents is 1. The first kappa shape index (κ1) is 12.9. The molecule has 2 aromatic rings. The number of hydrogen-bond donors (Lipinski definition) is 1. The van der Waals surface area contributed by atoms with Crippen molar-refractivity contribution in [3.8, 4) is 0 Å². The van der Waals surface area contributed by atoms with Crippen molar-refractivity contribution >= 4 is 22.4 Å². The van der Waals surface area contributed by atoms with Crippen LogP contribution in [0, 0.1) is 10.1 Å². The molecule has 1 aliphatic rings. The fourth-order valence-electron chi connectivity index (χ4n) is 2.88. The molecule has 1 fully saturated rings. The lowest BCUT2D eigenvalue weighted by molar-refractivity contribution is -0.383. The minimum Gasteiger partial charge on any atom is -0.353 e. The first-order valence-corrected chi connectivity index (χ1v) is 6.68. The van der Waals surface area contributed by atoms with Gasteiger partial charge in [-0.1, -0.05) is 6.07 Å². The summed E-state index contributed by atoms with van der Waals surface area (Å²) in [6.45, 7) is 1.64. The number of fused-ring (bicyclic) bond motifs is 1. The van der Waals surface area contributed by atoms with Crippen LogP contribution >= 0.6 is 0 Å². The standard InChI is InChI=1S/C13H17N5O2/c1-16-12-10(5-2-6-11(12)18(19)20)13(15-16)17-7-3-4-9(14)8-17/h2,5-6,9H,3-4,7-8,14H2,1H3/t9-/m1/s1. The van der Waals surface area contributed by atoms with Gasteiger partial charge in [0.2, 0.25) is 0 Å². The van der Waals surface area contributed by atoms with E-state index < -0.39 is 0 Å². The Kier molecular flexibility index (Phi) is 3.06. The third-order valence-electron chi connectivity index (χ3n) is 3.78. The molecule has 1 aliphatic heterocycles. The highest BCUT2D eigenvalue weighted by atomic mass is 16.6. The zero-order chi connectivity index (χ0) is 14.3. The van der Waals surface area contributed by atoms with Gasteiger partial charge in [-0.05, 0) is 18.9 Å². The van der Waals surface area contributed by atoms with Crippen molar-refractivity contribution in [1.29, 1.82) is 0 Å². The van der Waals surface area contributed by atoms with Crippen LogP contribution < -0.4 is 10.6 Å². The van der Waals surface area contributed by atoms with E-state index in [0.717, 1.165) is 37.1 Å². The number of para-hydroxylation sites is 1. The van der Waals surface area contributed by atoms with E-state index in [4.69, 9.17) is 5.73 Å². The molecule has 2 N–H and O–H groups in total. The Morgan fingerprint density at radius 3 is 3.00 bits per heavy atom. The molecule has 20 heavy (non-hydrogen) atoms. The van der Waals surface area contributed by atoms with Crippen LogP contribution in [0.5, 0.6) is 0 Å². The van der Waals surface area contributed by atoms with Crippen LogP contribution in [0.25, 0.3) is 10.9 Å². The number of benzene rings is 1. The summed E-state index contributed by atoms with van der Waals surface area (Å²) in [6.07, 6.45) is 2.04. The summed E-state index contributed by atoms with van der Waals surface area (Å²) in [7, 11) is 1.74. The number of nitrogens with zero attached hydrogens (tertiary/aromatic N) is 4.